The molecule has 0 aromatic heterocycles. The number of benzene rings is 2. The third kappa shape index (κ3) is 4.86. The smallest absolute Gasteiger partial charge is 0.141 e. The zero-order valence-corrected chi connectivity index (χ0v) is 15.6. The Morgan fingerprint density at radius 3 is 1.93 bits per heavy atom. The lowest BCUT2D eigenvalue weighted by atomic mass is 9.75. The monoisotopic (exact) mass is 376 g/mol. The summed E-state index contributed by atoms with van der Waals surface area (Å²) >= 11 is 0. The van der Waals surface area contributed by atoms with E-state index in [1.54, 1.807) is 31.2 Å². The summed E-state index contributed by atoms with van der Waals surface area (Å²) in [6.45, 7) is 2.23. The van der Waals surface area contributed by atoms with Gasteiger partial charge in [0, 0.05) is 6.42 Å². The Labute approximate surface area is 159 Å². The standard InChI is InChI=1S/C21H28O6/c1-20(13-15-9-5-3-6-10-15,27-16-11-7-4-8-12-16)21(2,26)19(25)18(24)17(23)14-22/h3-12,17-19,22-26H,13-14H2,1-2H3. The van der Waals surface area contributed by atoms with Crippen LogP contribution in [0.1, 0.15) is 19.4 Å². The minimum absolute atomic E-state index is 0.231. The van der Waals surface area contributed by atoms with Crippen molar-refractivity contribution in [3.63, 3.8) is 0 Å². The van der Waals surface area contributed by atoms with Crippen LogP contribution in [0.2, 0.25) is 0 Å². The van der Waals surface area contributed by atoms with Crippen LogP contribution < -0.4 is 4.74 Å². The van der Waals surface area contributed by atoms with E-state index >= 15 is 0 Å². The number of aliphatic hydroxyl groups excluding tert-OH is 4. The van der Waals surface area contributed by atoms with Gasteiger partial charge in [-0.3, -0.25) is 0 Å². The second kappa shape index (κ2) is 8.82. The molecule has 0 aliphatic rings. The molecule has 0 fully saturated rings. The molecule has 0 aliphatic heterocycles. The summed E-state index contributed by atoms with van der Waals surface area (Å²) in [7, 11) is 0. The molecule has 2 aromatic rings. The van der Waals surface area contributed by atoms with Gasteiger partial charge in [-0.05, 0) is 31.5 Å². The molecule has 0 amide bonds. The van der Waals surface area contributed by atoms with E-state index in [2.05, 4.69) is 0 Å². The number of hydrogen-bond donors (Lipinski definition) is 5. The second-order valence-electron chi connectivity index (χ2n) is 7.14. The minimum Gasteiger partial charge on any atom is -0.484 e. The molecule has 0 spiro atoms. The quantitative estimate of drug-likeness (QED) is 0.445. The van der Waals surface area contributed by atoms with Gasteiger partial charge < -0.3 is 30.3 Å². The molecule has 0 heterocycles. The highest BCUT2D eigenvalue weighted by Gasteiger charge is 2.53. The van der Waals surface area contributed by atoms with E-state index in [-0.39, 0.29) is 6.42 Å². The van der Waals surface area contributed by atoms with Gasteiger partial charge in [-0.2, -0.15) is 0 Å². The molecule has 148 valence electrons. The van der Waals surface area contributed by atoms with E-state index in [0.717, 1.165) is 5.56 Å². The van der Waals surface area contributed by atoms with Crippen LogP contribution in [0, 0.1) is 0 Å². The van der Waals surface area contributed by atoms with Crippen LogP contribution in [0.4, 0.5) is 0 Å². The third-order valence-corrected chi connectivity index (χ3v) is 5.02. The fraction of sp³-hybridized carbons (Fsp3) is 0.429. The average Bonchev–Trinajstić information content (AvgIpc) is 2.67. The van der Waals surface area contributed by atoms with E-state index in [4.69, 9.17) is 9.84 Å². The average molecular weight is 376 g/mol. The first-order valence-electron chi connectivity index (χ1n) is 8.86. The summed E-state index contributed by atoms with van der Waals surface area (Å²) < 4.78 is 6.09. The van der Waals surface area contributed by atoms with Crippen molar-refractivity contribution in [2.75, 3.05) is 6.61 Å². The van der Waals surface area contributed by atoms with E-state index in [9.17, 15) is 20.4 Å². The Kier molecular flexibility index (Phi) is 6.97. The van der Waals surface area contributed by atoms with Gasteiger partial charge in [-0.1, -0.05) is 48.5 Å². The van der Waals surface area contributed by atoms with Gasteiger partial charge in [0.2, 0.25) is 0 Å². The fourth-order valence-electron chi connectivity index (χ4n) is 3.02. The summed E-state index contributed by atoms with van der Waals surface area (Å²) in [6.07, 6.45) is -4.88. The van der Waals surface area contributed by atoms with Crippen LogP contribution in [0.15, 0.2) is 60.7 Å². The SMILES string of the molecule is CC(Cc1ccccc1)(Oc1ccccc1)C(C)(O)C(O)C(O)C(O)CO. The first kappa shape index (κ1) is 21.3. The van der Waals surface area contributed by atoms with Gasteiger partial charge in [0.05, 0.1) is 6.61 Å². The minimum atomic E-state index is -1.96. The summed E-state index contributed by atoms with van der Waals surface area (Å²) in [6, 6.07) is 18.2. The maximum absolute atomic E-state index is 11.2. The van der Waals surface area contributed by atoms with E-state index < -0.39 is 36.1 Å². The van der Waals surface area contributed by atoms with Gasteiger partial charge in [0.25, 0.3) is 0 Å². The maximum Gasteiger partial charge on any atom is 0.141 e. The molecule has 2 rings (SSSR count). The maximum atomic E-state index is 11.2. The third-order valence-electron chi connectivity index (χ3n) is 5.02. The molecule has 2 aromatic carbocycles. The van der Waals surface area contributed by atoms with Crippen molar-refractivity contribution < 1.29 is 30.3 Å². The Bertz CT molecular complexity index is 647. The predicted octanol–water partition coefficient (Wildman–Crippen LogP) is 0.893. The molecule has 0 saturated heterocycles. The highest BCUT2D eigenvalue weighted by Crippen LogP contribution is 2.35. The first-order chi connectivity index (χ1) is 12.7. The first-order valence-corrected chi connectivity index (χ1v) is 8.86. The van der Waals surface area contributed by atoms with Crippen molar-refractivity contribution in [2.45, 2.75) is 49.8 Å². The van der Waals surface area contributed by atoms with E-state index in [1.165, 1.54) is 6.92 Å². The molecule has 0 aliphatic carbocycles. The Morgan fingerprint density at radius 1 is 0.889 bits per heavy atom. The van der Waals surface area contributed by atoms with E-state index in [0.29, 0.717) is 5.75 Å². The largest absolute Gasteiger partial charge is 0.484 e. The van der Waals surface area contributed by atoms with Crippen LogP contribution in [0.5, 0.6) is 5.75 Å². The highest BCUT2D eigenvalue weighted by atomic mass is 16.5. The lowest BCUT2D eigenvalue weighted by Gasteiger charge is -2.47. The van der Waals surface area contributed by atoms with Gasteiger partial charge in [-0.25, -0.2) is 0 Å². The van der Waals surface area contributed by atoms with Crippen molar-refractivity contribution in [1.29, 1.82) is 0 Å². The Morgan fingerprint density at radius 2 is 1.41 bits per heavy atom. The number of hydrogen-bond acceptors (Lipinski definition) is 6. The van der Waals surface area contributed by atoms with Crippen LogP contribution in [0.25, 0.3) is 0 Å². The van der Waals surface area contributed by atoms with Gasteiger partial charge in [0.1, 0.15) is 35.3 Å². The summed E-state index contributed by atoms with van der Waals surface area (Å²) in [4.78, 5) is 0. The molecule has 6 heteroatoms. The van der Waals surface area contributed by atoms with Crippen LogP contribution in [-0.2, 0) is 6.42 Å². The number of aliphatic hydroxyl groups is 5. The fourth-order valence-corrected chi connectivity index (χ4v) is 3.02. The Balaban J connectivity index is 2.40. The van der Waals surface area contributed by atoms with Crippen LogP contribution in [-0.4, -0.2) is 61.7 Å². The molecular weight excluding hydrogens is 348 g/mol. The van der Waals surface area contributed by atoms with Gasteiger partial charge in [0.15, 0.2) is 0 Å². The van der Waals surface area contributed by atoms with E-state index in [1.807, 2.05) is 36.4 Å². The van der Waals surface area contributed by atoms with Crippen molar-refractivity contribution in [3.8, 4) is 5.75 Å². The van der Waals surface area contributed by atoms with Crippen molar-refractivity contribution in [3.05, 3.63) is 66.2 Å². The van der Waals surface area contributed by atoms with Crippen molar-refractivity contribution >= 4 is 0 Å². The van der Waals surface area contributed by atoms with Crippen LogP contribution >= 0.6 is 0 Å². The lowest BCUT2D eigenvalue weighted by Crippen LogP contribution is -2.66. The van der Waals surface area contributed by atoms with Gasteiger partial charge >= 0.3 is 0 Å². The zero-order valence-electron chi connectivity index (χ0n) is 15.6. The van der Waals surface area contributed by atoms with Crippen molar-refractivity contribution in [1.82, 2.24) is 0 Å². The molecule has 5 unspecified atom stereocenters. The molecule has 27 heavy (non-hydrogen) atoms. The molecule has 0 bridgehead atoms. The van der Waals surface area contributed by atoms with Crippen molar-refractivity contribution in [2.24, 2.45) is 0 Å². The topological polar surface area (TPSA) is 110 Å². The molecule has 0 radical (unpaired) electrons. The molecule has 5 atom stereocenters. The Hall–Kier alpha value is -1.96. The molecule has 6 nitrogen and oxygen atoms in total. The zero-order chi connectivity index (χ0) is 20.1. The number of para-hydroxylation sites is 1. The molecular formula is C21H28O6. The molecule has 0 saturated carbocycles. The lowest BCUT2D eigenvalue weighted by molar-refractivity contribution is -0.212. The summed E-state index contributed by atoms with van der Waals surface area (Å²) in [5.74, 6) is 0.487. The van der Waals surface area contributed by atoms with Crippen LogP contribution in [0.3, 0.4) is 0 Å². The number of ether oxygens (including phenoxy) is 1. The van der Waals surface area contributed by atoms with Gasteiger partial charge in [-0.15, -0.1) is 0 Å². The number of rotatable bonds is 9. The summed E-state index contributed by atoms with van der Waals surface area (Å²) in [5.41, 5.74) is -2.46. The molecule has 5 N–H and O–H groups in total. The normalized spacial score (nSPS) is 19.4. The highest BCUT2D eigenvalue weighted by molar-refractivity contribution is 5.26. The summed E-state index contributed by atoms with van der Waals surface area (Å²) in [5, 5.41) is 50.7. The second-order valence-corrected chi connectivity index (χ2v) is 7.14. The predicted molar refractivity (Wildman–Crippen MR) is 101 cm³/mol.